The van der Waals surface area contributed by atoms with Gasteiger partial charge in [0, 0.05) is 55.0 Å². The van der Waals surface area contributed by atoms with E-state index >= 15 is 0 Å². The van der Waals surface area contributed by atoms with Crippen molar-refractivity contribution in [3.8, 4) is 11.1 Å². The minimum atomic E-state index is 0.0598. The molecule has 1 aromatic carbocycles. The van der Waals surface area contributed by atoms with E-state index in [2.05, 4.69) is 34.5 Å². The van der Waals surface area contributed by atoms with Crippen LogP contribution in [0.2, 0.25) is 0 Å². The summed E-state index contributed by atoms with van der Waals surface area (Å²) in [5.74, 6) is 0.0598. The smallest absolute Gasteiger partial charge is 0.224 e. The van der Waals surface area contributed by atoms with E-state index in [1.165, 1.54) is 0 Å². The number of nitrogens with zero attached hydrogens (tertiary/aromatic N) is 4. The van der Waals surface area contributed by atoms with Crippen LogP contribution in [0.1, 0.15) is 31.9 Å². The number of rotatable bonds is 5. The van der Waals surface area contributed by atoms with E-state index in [1.807, 2.05) is 40.2 Å². The zero-order valence-electron chi connectivity index (χ0n) is 16.7. The molecule has 2 atom stereocenters. The Kier molecular flexibility index (Phi) is 5.31. The maximum atomic E-state index is 12.3. The second-order valence-corrected chi connectivity index (χ2v) is 7.46. The monoisotopic (exact) mass is 390 g/mol. The third kappa shape index (κ3) is 3.86. The van der Waals surface area contributed by atoms with Gasteiger partial charge in [-0.3, -0.25) is 14.5 Å². The van der Waals surface area contributed by atoms with Crippen LogP contribution in [0.3, 0.4) is 0 Å². The van der Waals surface area contributed by atoms with E-state index in [0.29, 0.717) is 13.1 Å². The summed E-state index contributed by atoms with van der Waals surface area (Å²) in [4.78, 5) is 18.3. The fourth-order valence-electron chi connectivity index (χ4n) is 4.08. The number of carbonyl (C=O) groups excluding carboxylic acids is 1. The normalized spacial score (nSPS) is 18.4. The number of benzene rings is 1. The molecular weight excluding hydrogens is 364 g/mol. The van der Waals surface area contributed by atoms with Crippen molar-refractivity contribution in [2.75, 3.05) is 16.8 Å². The molecule has 0 aliphatic carbocycles. The second-order valence-electron chi connectivity index (χ2n) is 7.46. The van der Waals surface area contributed by atoms with E-state index in [0.717, 1.165) is 34.5 Å². The summed E-state index contributed by atoms with van der Waals surface area (Å²) in [6.07, 6.45) is 8.25. The summed E-state index contributed by atoms with van der Waals surface area (Å²) in [5, 5.41) is 8.00. The first-order chi connectivity index (χ1) is 14.1. The average molecular weight is 390 g/mol. The summed E-state index contributed by atoms with van der Waals surface area (Å²) in [5.41, 5.74) is 10.8. The SMILES string of the molecule is CC(=O)N1c2ccc(-c3cnn(CCN)c3)cc2[C@H](Nc2ccncc2)C[C@@H]1C. The Bertz CT molecular complexity index is 1000. The highest BCUT2D eigenvalue weighted by molar-refractivity contribution is 5.94. The van der Waals surface area contributed by atoms with Gasteiger partial charge in [0.25, 0.3) is 0 Å². The molecule has 3 heterocycles. The molecule has 0 bridgehead atoms. The number of aromatic nitrogens is 3. The van der Waals surface area contributed by atoms with Gasteiger partial charge in [-0.05, 0) is 48.7 Å². The van der Waals surface area contributed by atoms with Gasteiger partial charge in [0.05, 0.1) is 18.8 Å². The number of hydrogen-bond acceptors (Lipinski definition) is 5. The Morgan fingerprint density at radius 2 is 2.03 bits per heavy atom. The van der Waals surface area contributed by atoms with Crippen molar-refractivity contribution in [3.63, 3.8) is 0 Å². The lowest BCUT2D eigenvalue weighted by atomic mass is 9.89. The molecule has 0 unspecified atom stereocenters. The Morgan fingerprint density at radius 3 is 2.76 bits per heavy atom. The molecule has 2 aromatic heterocycles. The number of pyridine rings is 1. The summed E-state index contributed by atoms with van der Waals surface area (Å²) < 4.78 is 1.85. The van der Waals surface area contributed by atoms with Crippen LogP contribution >= 0.6 is 0 Å². The first-order valence-corrected chi connectivity index (χ1v) is 9.90. The zero-order chi connectivity index (χ0) is 20.4. The van der Waals surface area contributed by atoms with Gasteiger partial charge in [-0.2, -0.15) is 5.10 Å². The molecule has 0 fully saturated rings. The van der Waals surface area contributed by atoms with Gasteiger partial charge in [-0.1, -0.05) is 6.07 Å². The number of anilines is 2. The molecule has 3 aromatic rings. The number of nitrogens with two attached hydrogens (primary N) is 1. The van der Waals surface area contributed by atoms with Gasteiger partial charge in [0.2, 0.25) is 5.91 Å². The molecule has 7 heteroatoms. The first kappa shape index (κ1) is 19.1. The third-order valence-corrected chi connectivity index (χ3v) is 5.37. The highest BCUT2D eigenvalue weighted by atomic mass is 16.2. The van der Waals surface area contributed by atoms with Crippen LogP contribution in [0.4, 0.5) is 11.4 Å². The molecule has 0 saturated heterocycles. The molecule has 0 saturated carbocycles. The van der Waals surface area contributed by atoms with Crippen molar-refractivity contribution < 1.29 is 4.79 Å². The summed E-state index contributed by atoms with van der Waals surface area (Å²) in [7, 11) is 0. The van der Waals surface area contributed by atoms with Crippen LogP contribution in [0.25, 0.3) is 11.1 Å². The van der Waals surface area contributed by atoms with Crippen LogP contribution in [0.5, 0.6) is 0 Å². The Labute approximate surface area is 170 Å². The summed E-state index contributed by atoms with van der Waals surface area (Å²) in [6.45, 7) is 4.96. The molecule has 0 radical (unpaired) electrons. The van der Waals surface area contributed by atoms with Crippen LogP contribution in [0.15, 0.2) is 55.1 Å². The molecule has 1 amide bonds. The number of hydrogen-bond donors (Lipinski definition) is 2. The lowest BCUT2D eigenvalue weighted by Gasteiger charge is -2.39. The highest BCUT2D eigenvalue weighted by Gasteiger charge is 2.32. The Hall–Kier alpha value is -3.19. The topological polar surface area (TPSA) is 89.1 Å². The van der Waals surface area contributed by atoms with Gasteiger partial charge in [0.1, 0.15) is 0 Å². The van der Waals surface area contributed by atoms with E-state index in [4.69, 9.17) is 5.73 Å². The molecule has 1 aliphatic rings. The second kappa shape index (κ2) is 8.05. The lowest BCUT2D eigenvalue weighted by molar-refractivity contribution is -0.117. The molecule has 0 spiro atoms. The van der Waals surface area contributed by atoms with Crippen molar-refractivity contribution in [2.24, 2.45) is 5.73 Å². The van der Waals surface area contributed by atoms with Crippen molar-refractivity contribution in [1.29, 1.82) is 0 Å². The molecule has 7 nitrogen and oxygen atoms in total. The maximum absolute atomic E-state index is 12.3. The van der Waals surface area contributed by atoms with Crippen molar-refractivity contribution in [1.82, 2.24) is 14.8 Å². The van der Waals surface area contributed by atoms with Gasteiger partial charge in [-0.15, -0.1) is 0 Å². The van der Waals surface area contributed by atoms with Gasteiger partial charge >= 0.3 is 0 Å². The number of carbonyl (C=O) groups is 1. The Balaban J connectivity index is 1.74. The zero-order valence-corrected chi connectivity index (χ0v) is 16.7. The predicted molar refractivity (Wildman–Crippen MR) is 115 cm³/mol. The predicted octanol–water partition coefficient (Wildman–Crippen LogP) is 3.20. The van der Waals surface area contributed by atoms with E-state index < -0.39 is 0 Å². The molecule has 1 aliphatic heterocycles. The van der Waals surface area contributed by atoms with E-state index in [1.54, 1.807) is 19.3 Å². The van der Waals surface area contributed by atoms with Crippen LogP contribution in [0, 0.1) is 0 Å². The van der Waals surface area contributed by atoms with Gasteiger partial charge in [0.15, 0.2) is 0 Å². The fourth-order valence-corrected chi connectivity index (χ4v) is 4.08. The first-order valence-electron chi connectivity index (χ1n) is 9.90. The van der Waals surface area contributed by atoms with Crippen molar-refractivity contribution in [2.45, 2.75) is 38.9 Å². The van der Waals surface area contributed by atoms with Crippen molar-refractivity contribution >= 4 is 17.3 Å². The number of nitrogens with one attached hydrogen (secondary N) is 1. The highest BCUT2D eigenvalue weighted by Crippen LogP contribution is 2.41. The van der Waals surface area contributed by atoms with Crippen LogP contribution < -0.4 is 16.0 Å². The van der Waals surface area contributed by atoms with Gasteiger partial charge in [-0.25, -0.2) is 0 Å². The molecule has 150 valence electrons. The Morgan fingerprint density at radius 1 is 1.24 bits per heavy atom. The molecular formula is C22H26N6O. The average Bonchev–Trinajstić information content (AvgIpc) is 3.17. The fraction of sp³-hybridized carbons (Fsp3) is 0.318. The standard InChI is InChI=1S/C22H26N6O/c1-15-11-21(26-19-5-8-24-9-6-19)20-12-17(3-4-22(20)28(15)16(2)29)18-13-25-27(14-18)10-7-23/h3-6,8-9,12-15,21H,7,10-11,23H2,1-2H3,(H,24,26)/t15-,21+/m0/s1. The molecule has 29 heavy (non-hydrogen) atoms. The minimum absolute atomic E-state index is 0.0598. The van der Waals surface area contributed by atoms with Crippen molar-refractivity contribution in [3.05, 3.63) is 60.7 Å². The summed E-state index contributed by atoms with van der Waals surface area (Å²) in [6, 6.07) is 10.4. The van der Waals surface area contributed by atoms with Crippen LogP contribution in [-0.4, -0.2) is 33.3 Å². The number of amides is 1. The van der Waals surface area contributed by atoms with Crippen LogP contribution in [-0.2, 0) is 11.3 Å². The third-order valence-electron chi connectivity index (χ3n) is 5.37. The van der Waals surface area contributed by atoms with E-state index in [9.17, 15) is 4.79 Å². The van der Waals surface area contributed by atoms with E-state index in [-0.39, 0.29) is 18.0 Å². The summed E-state index contributed by atoms with van der Waals surface area (Å²) >= 11 is 0. The largest absolute Gasteiger partial charge is 0.378 e. The van der Waals surface area contributed by atoms with Gasteiger partial charge < -0.3 is 16.0 Å². The lowest BCUT2D eigenvalue weighted by Crippen LogP contribution is -2.43. The minimum Gasteiger partial charge on any atom is -0.378 e. The molecule has 4 rings (SSSR count). The quantitative estimate of drug-likeness (QED) is 0.698. The maximum Gasteiger partial charge on any atom is 0.224 e. The number of fused-ring (bicyclic) bond motifs is 1. The molecule has 3 N–H and O–H groups in total.